The first kappa shape index (κ1) is 23.8. The zero-order valence-electron chi connectivity index (χ0n) is 17.3. The summed E-state index contributed by atoms with van der Waals surface area (Å²) in [4.78, 5) is 40.0. The summed E-state index contributed by atoms with van der Waals surface area (Å²) in [6.07, 6.45) is -4.10. The molecule has 176 valence electrons. The Bertz CT molecular complexity index is 1280. The van der Waals surface area contributed by atoms with Gasteiger partial charge >= 0.3 is 6.36 Å². The summed E-state index contributed by atoms with van der Waals surface area (Å²) in [6, 6.07) is 10.8. The number of nitrogens with one attached hydrogen (secondary N) is 1. The molecule has 0 radical (unpaired) electrons. The monoisotopic (exact) mass is 508 g/mol. The highest BCUT2D eigenvalue weighted by Gasteiger charge is 2.33. The van der Waals surface area contributed by atoms with E-state index in [9.17, 15) is 27.6 Å². The van der Waals surface area contributed by atoms with Gasteiger partial charge in [0.05, 0.1) is 26.7 Å². The summed E-state index contributed by atoms with van der Waals surface area (Å²) in [6.45, 7) is 0.346. The maximum absolute atomic E-state index is 13.2. The summed E-state index contributed by atoms with van der Waals surface area (Å²) >= 11 is 7.60. The van der Waals surface area contributed by atoms with Gasteiger partial charge in [-0.05, 0) is 48.2 Å². The molecule has 4 rings (SSSR count). The van der Waals surface area contributed by atoms with E-state index in [1.165, 1.54) is 52.6 Å². The topological polar surface area (TPSA) is 75.7 Å². The number of benzene rings is 2. The molecule has 6 nitrogen and oxygen atoms in total. The zero-order valence-corrected chi connectivity index (χ0v) is 18.9. The lowest BCUT2D eigenvalue weighted by atomic mass is 10.1. The van der Waals surface area contributed by atoms with Crippen LogP contribution in [0.15, 0.2) is 53.9 Å². The number of hydrogen-bond acceptors (Lipinski definition) is 5. The van der Waals surface area contributed by atoms with Gasteiger partial charge in [-0.3, -0.25) is 14.4 Å². The Hall–Kier alpha value is -3.37. The normalized spacial score (nSPS) is 13.8. The van der Waals surface area contributed by atoms with Crippen molar-refractivity contribution in [1.82, 2.24) is 0 Å². The number of halogens is 4. The van der Waals surface area contributed by atoms with Crippen molar-refractivity contribution in [3.63, 3.8) is 0 Å². The molecule has 0 spiro atoms. The number of ketones is 1. The van der Waals surface area contributed by atoms with E-state index < -0.39 is 23.9 Å². The van der Waals surface area contributed by atoms with Gasteiger partial charge in [-0.1, -0.05) is 23.7 Å². The van der Waals surface area contributed by atoms with Crippen LogP contribution < -0.4 is 15.0 Å². The molecule has 0 aliphatic carbocycles. The number of nitrogens with zero attached hydrogens (tertiary/aromatic N) is 1. The number of rotatable bonds is 4. The van der Waals surface area contributed by atoms with Crippen molar-refractivity contribution in [3.05, 3.63) is 74.9 Å². The zero-order chi connectivity index (χ0) is 24.5. The first-order chi connectivity index (χ1) is 16.1. The predicted molar refractivity (Wildman–Crippen MR) is 122 cm³/mol. The van der Waals surface area contributed by atoms with Crippen molar-refractivity contribution in [2.75, 3.05) is 16.8 Å². The van der Waals surface area contributed by atoms with Crippen molar-refractivity contribution in [1.29, 1.82) is 0 Å². The van der Waals surface area contributed by atoms with E-state index >= 15 is 0 Å². The van der Waals surface area contributed by atoms with Gasteiger partial charge in [-0.2, -0.15) is 0 Å². The quantitative estimate of drug-likeness (QED) is 0.457. The third kappa shape index (κ3) is 5.07. The van der Waals surface area contributed by atoms with Crippen LogP contribution in [0.3, 0.4) is 0 Å². The molecule has 0 fully saturated rings. The second kappa shape index (κ2) is 9.47. The molecule has 1 aromatic heterocycles. The van der Waals surface area contributed by atoms with Crippen LogP contribution in [0.2, 0.25) is 5.02 Å². The second-order valence-corrected chi connectivity index (χ2v) is 8.63. The molecule has 2 heterocycles. The van der Waals surface area contributed by atoms with E-state index in [1.54, 1.807) is 11.4 Å². The number of amides is 2. The second-order valence-electron chi connectivity index (χ2n) is 7.31. The number of thiophene rings is 1. The summed E-state index contributed by atoms with van der Waals surface area (Å²) in [7, 11) is 0. The Balaban J connectivity index is 1.55. The Kier molecular flexibility index (Phi) is 6.63. The Morgan fingerprint density at radius 2 is 1.85 bits per heavy atom. The first-order valence-corrected chi connectivity index (χ1v) is 11.3. The fourth-order valence-corrected chi connectivity index (χ4v) is 4.67. The van der Waals surface area contributed by atoms with Gasteiger partial charge in [0.2, 0.25) is 0 Å². The van der Waals surface area contributed by atoms with Crippen LogP contribution in [0.25, 0.3) is 0 Å². The molecule has 0 bridgehead atoms. The third-order valence-electron chi connectivity index (χ3n) is 5.03. The van der Waals surface area contributed by atoms with Crippen LogP contribution in [0.4, 0.5) is 24.5 Å². The van der Waals surface area contributed by atoms with E-state index in [-0.39, 0.29) is 27.6 Å². The number of Topliss-reactive ketones (excluding diaryl/α,β-unsaturated/α-hetero) is 1. The van der Waals surface area contributed by atoms with Gasteiger partial charge in [0, 0.05) is 18.7 Å². The van der Waals surface area contributed by atoms with Crippen LogP contribution in [0.1, 0.15) is 43.2 Å². The number of carbonyl (C=O) groups is 3. The smallest absolute Gasteiger partial charge is 0.405 e. The molecule has 1 aliphatic heterocycles. The standard InChI is InChI=1S/C23H16ClF3N2O4S/c24-16-12-13(28-21(31)15-4-1-2-6-19(15)33-23(25,26)27)7-8-14(16)22(32)29-10-3-5-18(30)20-17(29)9-11-34-20/h1-2,4,6-9,11-12H,3,5,10H2,(H,28,31). The molecule has 0 saturated carbocycles. The fraction of sp³-hybridized carbons (Fsp3) is 0.174. The molecule has 0 unspecified atom stereocenters. The summed E-state index contributed by atoms with van der Waals surface area (Å²) in [5.41, 5.74) is 0.546. The number of carbonyl (C=O) groups excluding carboxylic acids is 3. The number of alkyl halides is 3. The van der Waals surface area contributed by atoms with Crippen LogP contribution in [0, 0.1) is 0 Å². The average Bonchev–Trinajstić information content (AvgIpc) is 3.19. The van der Waals surface area contributed by atoms with Gasteiger partial charge in [0.25, 0.3) is 11.8 Å². The summed E-state index contributed by atoms with van der Waals surface area (Å²) in [5.74, 6) is -1.91. The number of para-hydroxylation sites is 1. The lowest BCUT2D eigenvalue weighted by Crippen LogP contribution is -2.31. The Morgan fingerprint density at radius 3 is 2.59 bits per heavy atom. The van der Waals surface area contributed by atoms with Crippen molar-refractivity contribution in [2.24, 2.45) is 0 Å². The number of fused-ring (bicyclic) bond motifs is 1. The van der Waals surface area contributed by atoms with Crippen LogP contribution >= 0.6 is 22.9 Å². The molecule has 0 saturated heterocycles. The summed E-state index contributed by atoms with van der Waals surface area (Å²) in [5, 5.41) is 4.24. The van der Waals surface area contributed by atoms with Crippen molar-refractivity contribution < 1.29 is 32.3 Å². The minimum atomic E-state index is -4.96. The van der Waals surface area contributed by atoms with Crippen molar-refractivity contribution >= 4 is 51.9 Å². The lowest BCUT2D eigenvalue weighted by Gasteiger charge is -2.21. The SMILES string of the molecule is O=C(Nc1ccc(C(=O)N2CCCC(=O)c3sccc32)c(Cl)c1)c1ccccc1OC(F)(F)F. The van der Waals surface area contributed by atoms with E-state index in [2.05, 4.69) is 10.1 Å². The predicted octanol–water partition coefficient (Wildman–Crippen LogP) is 6.18. The van der Waals surface area contributed by atoms with Crippen LogP contribution in [0.5, 0.6) is 5.75 Å². The van der Waals surface area contributed by atoms with Gasteiger partial charge in [-0.25, -0.2) is 0 Å². The van der Waals surface area contributed by atoms with Gasteiger partial charge in [-0.15, -0.1) is 24.5 Å². The Labute approximate surface area is 200 Å². The highest BCUT2D eigenvalue weighted by molar-refractivity contribution is 7.12. The molecular formula is C23H16ClF3N2O4S. The van der Waals surface area contributed by atoms with Gasteiger partial charge in [0.1, 0.15) is 5.75 Å². The Morgan fingerprint density at radius 1 is 1.09 bits per heavy atom. The molecule has 1 N–H and O–H groups in total. The van der Waals surface area contributed by atoms with Crippen molar-refractivity contribution in [3.8, 4) is 5.75 Å². The van der Waals surface area contributed by atoms with Crippen molar-refractivity contribution in [2.45, 2.75) is 19.2 Å². The highest BCUT2D eigenvalue weighted by Crippen LogP contribution is 2.34. The molecule has 34 heavy (non-hydrogen) atoms. The molecule has 2 aromatic carbocycles. The van der Waals surface area contributed by atoms with Crippen LogP contribution in [-0.4, -0.2) is 30.5 Å². The minimum absolute atomic E-state index is 0.0146. The molecule has 0 atom stereocenters. The molecule has 2 amide bonds. The van der Waals surface area contributed by atoms with E-state index in [0.29, 0.717) is 30.0 Å². The molecular weight excluding hydrogens is 493 g/mol. The number of hydrogen-bond donors (Lipinski definition) is 1. The highest BCUT2D eigenvalue weighted by atomic mass is 35.5. The largest absolute Gasteiger partial charge is 0.573 e. The van der Waals surface area contributed by atoms with E-state index in [1.807, 2.05) is 0 Å². The van der Waals surface area contributed by atoms with E-state index in [0.717, 1.165) is 6.07 Å². The average molecular weight is 509 g/mol. The minimum Gasteiger partial charge on any atom is -0.405 e. The molecule has 3 aromatic rings. The number of anilines is 2. The number of ether oxygens (including phenoxy) is 1. The third-order valence-corrected chi connectivity index (χ3v) is 6.29. The lowest BCUT2D eigenvalue weighted by molar-refractivity contribution is -0.274. The molecule has 11 heteroatoms. The summed E-state index contributed by atoms with van der Waals surface area (Å²) < 4.78 is 41.8. The van der Waals surface area contributed by atoms with Gasteiger partial charge in [0.15, 0.2) is 5.78 Å². The maximum Gasteiger partial charge on any atom is 0.573 e. The molecule has 1 aliphatic rings. The van der Waals surface area contributed by atoms with Crippen LogP contribution in [-0.2, 0) is 0 Å². The van der Waals surface area contributed by atoms with E-state index in [4.69, 9.17) is 11.6 Å². The first-order valence-electron chi connectivity index (χ1n) is 10.0. The maximum atomic E-state index is 13.2. The fourth-order valence-electron chi connectivity index (χ4n) is 3.54. The van der Waals surface area contributed by atoms with Gasteiger partial charge < -0.3 is 15.0 Å².